The van der Waals surface area contributed by atoms with E-state index in [9.17, 15) is 4.79 Å². The number of rotatable bonds is 5. The largest absolute Gasteiger partial charge is 0.354 e. The third-order valence-corrected chi connectivity index (χ3v) is 4.52. The van der Waals surface area contributed by atoms with Crippen LogP contribution in [0.15, 0.2) is 24.3 Å². The Morgan fingerprint density at radius 1 is 1.40 bits per heavy atom. The first-order valence-electron chi connectivity index (χ1n) is 6.94. The molecule has 3 rings (SSSR count). The molecule has 1 aromatic carbocycles. The van der Waals surface area contributed by atoms with E-state index < -0.39 is 0 Å². The lowest BCUT2D eigenvalue weighted by Crippen LogP contribution is -2.39. The summed E-state index contributed by atoms with van der Waals surface area (Å²) in [6.07, 6.45) is 3.32. The van der Waals surface area contributed by atoms with Crippen LogP contribution in [-0.2, 0) is 4.79 Å². The summed E-state index contributed by atoms with van der Waals surface area (Å²) in [7, 11) is 0. The second-order valence-corrected chi connectivity index (χ2v) is 6.12. The highest BCUT2D eigenvalue weighted by Crippen LogP contribution is 2.49. The van der Waals surface area contributed by atoms with Gasteiger partial charge in [-0.2, -0.15) is 0 Å². The summed E-state index contributed by atoms with van der Waals surface area (Å²) in [6, 6.07) is 7.90. The van der Waals surface area contributed by atoms with E-state index in [1.54, 1.807) is 0 Å². The first-order chi connectivity index (χ1) is 9.16. The molecule has 3 atom stereocenters. The van der Waals surface area contributed by atoms with Crippen LogP contribution in [0.1, 0.15) is 30.7 Å². The van der Waals surface area contributed by atoms with Crippen molar-refractivity contribution >= 4 is 29.9 Å². The lowest BCUT2D eigenvalue weighted by Gasteiger charge is -2.11. The SMILES string of the molecule is Cl.NC(CNC(=O)C1CC1c1ccccc1Cl)C1CC1. The predicted octanol–water partition coefficient (Wildman–Crippen LogP) is 2.72. The molecule has 3 unspecified atom stereocenters. The maximum atomic E-state index is 12.0. The van der Waals surface area contributed by atoms with Crippen molar-refractivity contribution in [2.24, 2.45) is 17.6 Å². The minimum atomic E-state index is 0. The van der Waals surface area contributed by atoms with Gasteiger partial charge < -0.3 is 11.1 Å². The molecule has 0 radical (unpaired) electrons. The van der Waals surface area contributed by atoms with Gasteiger partial charge >= 0.3 is 0 Å². The Morgan fingerprint density at radius 3 is 2.75 bits per heavy atom. The topological polar surface area (TPSA) is 55.1 Å². The maximum absolute atomic E-state index is 12.0. The van der Waals surface area contributed by atoms with Crippen molar-refractivity contribution in [1.29, 1.82) is 0 Å². The van der Waals surface area contributed by atoms with Crippen LogP contribution in [0.5, 0.6) is 0 Å². The van der Waals surface area contributed by atoms with Crippen molar-refractivity contribution < 1.29 is 4.79 Å². The van der Waals surface area contributed by atoms with Crippen LogP contribution in [0.4, 0.5) is 0 Å². The number of halogens is 2. The van der Waals surface area contributed by atoms with Gasteiger partial charge in [-0.1, -0.05) is 29.8 Å². The highest BCUT2D eigenvalue weighted by molar-refractivity contribution is 6.31. The Bertz CT molecular complexity index is 491. The third kappa shape index (κ3) is 3.46. The van der Waals surface area contributed by atoms with E-state index in [2.05, 4.69) is 5.32 Å². The van der Waals surface area contributed by atoms with E-state index in [-0.39, 0.29) is 36.2 Å². The van der Waals surface area contributed by atoms with Crippen LogP contribution < -0.4 is 11.1 Å². The molecule has 0 bridgehead atoms. The van der Waals surface area contributed by atoms with Gasteiger partial charge in [0.1, 0.15) is 0 Å². The van der Waals surface area contributed by atoms with E-state index in [0.29, 0.717) is 12.5 Å². The highest BCUT2D eigenvalue weighted by Gasteiger charge is 2.44. The maximum Gasteiger partial charge on any atom is 0.223 e. The predicted molar refractivity (Wildman–Crippen MR) is 83.3 cm³/mol. The Morgan fingerprint density at radius 2 is 2.10 bits per heavy atom. The number of carbonyl (C=O) groups excluding carboxylic acids is 1. The first kappa shape index (κ1) is 15.6. The smallest absolute Gasteiger partial charge is 0.223 e. The van der Waals surface area contributed by atoms with E-state index in [0.717, 1.165) is 17.0 Å². The van der Waals surface area contributed by atoms with E-state index in [4.69, 9.17) is 17.3 Å². The second-order valence-electron chi connectivity index (χ2n) is 5.72. The standard InChI is InChI=1S/C15H19ClN2O.ClH/c16-13-4-2-1-3-10(13)11-7-12(11)15(19)18-8-14(17)9-5-6-9;/h1-4,9,11-12,14H,5-8,17H2,(H,18,19);1H. The molecule has 2 aliphatic carbocycles. The zero-order chi connectivity index (χ0) is 13.4. The molecule has 0 saturated heterocycles. The van der Waals surface area contributed by atoms with Crippen LogP contribution >= 0.6 is 24.0 Å². The molecule has 2 fully saturated rings. The number of amides is 1. The quantitative estimate of drug-likeness (QED) is 0.878. The number of nitrogens with two attached hydrogens (primary N) is 1. The minimum absolute atomic E-state index is 0. The van der Waals surface area contributed by atoms with Crippen molar-refractivity contribution in [1.82, 2.24) is 5.32 Å². The molecule has 0 spiro atoms. The Labute approximate surface area is 130 Å². The van der Waals surface area contributed by atoms with E-state index >= 15 is 0 Å². The molecule has 20 heavy (non-hydrogen) atoms. The zero-order valence-electron chi connectivity index (χ0n) is 11.2. The third-order valence-electron chi connectivity index (χ3n) is 4.17. The molecular weight excluding hydrogens is 295 g/mol. The summed E-state index contributed by atoms with van der Waals surface area (Å²) in [4.78, 5) is 12.0. The molecule has 2 aliphatic rings. The fourth-order valence-electron chi connectivity index (χ4n) is 2.64. The summed E-state index contributed by atoms with van der Waals surface area (Å²) < 4.78 is 0. The summed E-state index contributed by atoms with van der Waals surface area (Å²) in [5.74, 6) is 1.11. The number of hydrogen-bond acceptors (Lipinski definition) is 2. The summed E-state index contributed by atoms with van der Waals surface area (Å²) >= 11 is 6.15. The van der Waals surface area contributed by atoms with Crippen LogP contribution in [0.25, 0.3) is 0 Å². The van der Waals surface area contributed by atoms with Crippen LogP contribution in [-0.4, -0.2) is 18.5 Å². The minimum Gasteiger partial charge on any atom is -0.354 e. The van der Waals surface area contributed by atoms with Gasteiger partial charge in [-0.3, -0.25) is 4.79 Å². The lowest BCUT2D eigenvalue weighted by atomic mass is 10.1. The Kier molecular flexibility index (Phi) is 4.95. The molecule has 0 heterocycles. The molecular formula is C15H20Cl2N2O. The first-order valence-corrected chi connectivity index (χ1v) is 7.32. The number of carbonyl (C=O) groups is 1. The second kappa shape index (κ2) is 6.33. The van der Waals surface area contributed by atoms with Gasteiger partial charge in [0, 0.05) is 23.5 Å². The van der Waals surface area contributed by atoms with Crippen molar-refractivity contribution in [3.05, 3.63) is 34.9 Å². The van der Waals surface area contributed by atoms with Gasteiger partial charge in [0.05, 0.1) is 0 Å². The van der Waals surface area contributed by atoms with Gasteiger partial charge in [0.2, 0.25) is 5.91 Å². The molecule has 1 aromatic rings. The fraction of sp³-hybridized carbons (Fsp3) is 0.533. The molecule has 3 nitrogen and oxygen atoms in total. The molecule has 110 valence electrons. The van der Waals surface area contributed by atoms with Crippen LogP contribution in [0.2, 0.25) is 5.02 Å². The van der Waals surface area contributed by atoms with Gasteiger partial charge in [-0.15, -0.1) is 12.4 Å². The Hall–Kier alpha value is -0.770. The summed E-state index contributed by atoms with van der Waals surface area (Å²) in [6.45, 7) is 0.606. The molecule has 1 amide bonds. The van der Waals surface area contributed by atoms with Gasteiger partial charge in [0.15, 0.2) is 0 Å². The number of nitrogens with one attached hydrogen (secondary N) is 1. The van der Waals surface area contributed by atoms with Crippen molar-refractivity contribution in [2.45, 2.75) is 31.2 Å². The molecule has 5 heteroatoms. The highest BCUT2D eigenvalue weighted by atomic mass is 35.5. The Balaban J connectivity index is 0.00000147. The van der Waals surface area contributed by atoms with Crippen molar-refractivity contribution in [3.63, 3.8) is 0 Å². The van der Waals surface area contributed by atoms with Gasteiger partial charge in [-0.25, -0.2) is 0 Å². The van der Waals surface area contributed by atoms with Crippen LogP contribution in [0, 0.1) is 11.8 Å². The molecule has 2 saturated carbocycles. The number of hydrogen-bond donors (Lipinski definition) is 2. The zero-order valence-corrected chi connectivity index (χ0v) is 12.8. The molecule has 3 N–H and O–H groups in total. The summed E-state index contributed by atoms with van der Waals surface area (Å²) in [5, 5.41) is 3.74. The lowest BCUT2D eigenvalue weighted by molar-refractivity contribution is -0.122. The number of benzene rings is 1. The van der Waals surface area contributed by atoms with Crippen LogP contribution in [0.3, 0.4) is 0 Å². The monoisotopic (exact) mass is 314 g/mol. The van der Waals surface area contributed by atoms with E-state index in [1.165, 1.54) is 12.8 Å². The average Bonchev–Trinajstić information content (AvgIpc) is 3.28. The van der Waals surface area contributed by atoms with Crippen molar-refractivity contribution in [3.8, 4) is 0 Å². The van der Waals surface area contributed by atoms with Gasteiger partial charge in [-0.05, 0) is 42.7 Å². The summed E-state index contributed by atoms with van der Waals surface area (Å²) in [5.41, 5.74) is 7.08. The molecule has 0 aromatic heterocycles. The average molecular weight is 315 g/mol. The van der Waals surface area contributed by atoms with E-state index in [1.807, 2.05) is 24.3 Å². The molecule has 0 aliphatic heterocycles. The normalized spacial score (nSPS) is 25.5. The fourth-order valence-corrected chi connectivity index (χ4v) is 2.92. The van der Waals surface area contributed by atoms with Gasteiger partial charge in [0.25, 0.3) is 0 Å². The van der Waals surface area contributed by atoms with Crippen molar-refractivity contribution in [2.75, 3.05) is 6.54 Å².